The predicted octanol–water partition coefficient (Wildman–Crippen LogP) is -1.08. The van der Waals surface area contributed by atoms with Crippen molar-refractivity contribution in [3.05, 3.63) is 0 Å². The number of hydrogen-bond acceptors (Lipinski definition) is 4. The molecule has 0 aromatic carbocycles. The number of nitrogens with one attached hydrogen (secondary N) is 2. The van der Waals surface area contributed by atoms with Gasteiger partial charge in [-0.3, -0.25) is 14.2 Å². The lowest BCUT2D eigenvalue weighted by molar-refractivity contribution is -0.129. The molecule has 0 saturated heterocycles. The van der Waals surface area contributed by atoms with Gasteiger partial charge >= 0.3 is 7.60 Å². The first-order valence-electron chi connectivity index (χ1n) is 5.17. The molecule has 0 spiro atoms. The van der Waals surface area contributed by atoms with Crippen molar-refractivity contribution in [1.82, 2.24) is 10.6 Å². The van der Waals surface area contributed by atoms with Gasteiger partial charge in [0.2, 0.25) is 11.8 Å². The molecular formula is C8H16Cl2N3O5P. The number of rotatable bonds is 7. The molecule has 11 heteroatoms. The quantitative estimate of drug-likeness (QED) is 0.296. The third-order valence-corrected chi connectivity index (χ3v) is 3.93. The summed E-state index contributed by atoms with van der Waals surface area (Å²) in [6.45, 7) is 1.14. The van der Waals surface area contributed by atoms with Crippen LogP contribution in [0.5, 0.6) is 0 Å². The first-order chi connectivity index (χ1) is 8.63. The van der Waals surface area contributed by atoms with Gasteiger partial charge in [-0.1, -0.05) is 0 Å². The zero-order valence-corrected chi connectivity index (χ0v) is 12.5. The Bertz CT molecular complexity index is 377. The molecular weight excluding hydrogens is 320 g/mol. The number of carbonyl (C=O) groups is 2. The molecule has 8 nitrogen and oxygen atoms in total. The van der Waals surface area contributed by atoms with Gasteiger partial charge in [-0.2, -0.15) is 0 Å². The number of carbonyl (C=O) groups excluding carboxylic acids is 2. The average Bonchev–Trinajstić information content (AvgIpc) is 2.32. The average molecular weight is 336 g/mol. The van der Waals surface area contributed by atoms with Crippen molar-refractivity contribution in [2.75, 3.05) is 11.8 Å². The van der Waals surface area contributed by atoms with Crippen LogP contribution in [0.2, 0.25) is 0 Å². The van der Waals surface area contributed by atoms with Crippen molar-refractivity contribution in [3.63, 3.8) is 0 Å². The Morgan fingerprint density at radius 2 is 1.74 bits per heavy atom. The fourth-order valence-electron chi connectivity index (χ4n) is 0.914. The van der Waals surface area contributed by atoms with Crippen molar-refractivity contribution in [2.24, 2.45) is 5.73 Å². The fraction of sp³-hybridized carbons (Fsp3) is 0.750. The lowest BCUT2D eigenvalue weighted by Gasteiger charge is -2.21. The van der Waals surface area contributed by atoms with E-state index >= 15 is 0 Å². The molecule has 0 aromatic rings. The van der Waals surface area contributed by atoms with Crippen LogP contribution in [0.15, 0.2) is 0 Å². The highest BCUT2D eigenvalue weighted by Crippen LogP contribution is 2.39. The van der Waals surface area contributed by atoms with Crippen LogP contribution in [0, 0.1) is 0 Å². The van der Waals surface area contributed by atoms with Crippen molar-refractivity contribution >= 4 is 42.6 Å². The van der Waals surface area contributed by atoms with Gasteiger partial charge in [0, 0.05) is 5.88 Å². The summed E-state index contributed by atoms with van der Waals surface area (Å²) in [5, 5.41) is 4.29. The van der Waals surface area contributed by atoms with Gasteiger partial charge in [0.05, 0.1) is 11.9 Å². The van der Waals surface area contributed by atoms with E-state index in [2.05, 4.69) is 10.6 Å². The molecule has 1 unspecified atom stereocenters. The van der Waals surface area contributed by atoms with E-state index < -0.39 is 37.3 Å². The van der Waals surface area contributed by atoms with E-state index in [0.29, 0.717) is 0 Å². The molecule has 0 radical (unpaired) electrons. The molecule has 0 bridgehead atoms. The van der Waals surface area contributed by atoms with Gasteiger partial charge in [-0.15, -0.1) is 23.2 Å². The van der Waals surface area contributed by atoms with E-state index in [1.165, 1.54) is 0 Å². The predicted molar refractivity (Wildman–Crippen MR) is 71.0 cm³/mol. The van der Waals surface area contributed by atoms with Crippen LogP contribution in [0.1, 0.15) is 6.92 Å². The summed E-state index contributed by atoms with van der Waals surface area (Å²) < 4.78 is 10.9. The normalized spacial score (nSPS) is 16.3. The molecule has 0 heterocycles. The molecule has 0 rings (SSSR count). The largest absolute Gasteiger partial charge is 0.347 e. The Morgan fingerprint density at radius 3 is 2.11 bits per heavy atom. The van der Waals surface area contributed by atoms with Crippen molar-refractivity contribution < 1.29 is 23.9 Å². The lowest BCUT2D eigenvalue weighted by atomic mass is 10.2. The topological polar surface area (TPSA) is 142 Å². The first kappa shape index (κ1) is 18.6. The van der Waals surface area contributed by atoms with Crippen LogP contribution in [0.4, 0.5) is 0 Å². The van der Waals surface area contributed by atoms with E-state index in [1.807, 2.05) is 0 Å². The van der Waals surface area contributed by atoms with Gasteiger partial charge in [-0.25, -0.2) is 0 Å². The standard InChI is InChI=1S/C8H16Cl2N3O5P/c1-4(19(16,17)18)12-8(15)6(3-10)13-7(14)5(11)2-9/h4-6H,2-3,11H2,1H3,(H,12,15)(H,13,14)(H2,16,17,18)/t4?,5-,6-/m0/s1. The third kappa shape index (κ3) is 6.56. The Morgan fingerprint density at radius 1 is 1.21 bits per heavy atom. The molecule has 0 saturated carbocycles. The van der Waals surface area contributed by atoms with Crippen LogP contribution < -0.4 is 16.4 Å². The Balaban J connectivity index is 4.58. The maximum Gasteiger partial charge on any atom is 0.347 e. The highest BCUT2D eigenvalue weighted by atomic mass is 35.5. The van der Waals surface area contributed by atoms with E-state index in [0.717, 1.165) is 6.92 Å². The second-order valence-corrected chi connectivity index (χ2v) is 6.32. The van der Waals surface area contributed by atoms with E-state index in [1.54, 1.807) is 0 Å². The molecule has 0 fully saturated rings. The molecule has 0 aliphatic heterocycles. The zero-order chi connectivity index (χ0) is 15.2. The number of nitrogens with two attached hydrogens (primary N) is 1. The Hall–Kier alpha value is -0.370. The molecule has 6 N–H and O–H groups in total. The van der Waals surface area contributed by atoms with E-state index in [4.69, 9.17) is 38.7 Å². The second kappa shape index (κ2) is 8.04. The second-order valence-electron chi connectivity index (χ2n) is 3.75. The monoisotopic (exact) mass is 335 g/mol. The summed E-state index contributed by atoms with van der Waals surface area (Å²) in [6, 6.07) is -2.16. The van der Waals surface area contributed by atoms with Gasteiger partial charge in [0.1, 0.15) is 11.8 Å². The van der Waals surface area contributed by atoms with Crippen LogP contribution in [0.3, 0.4) is 0 Å². The number of halogens is 2. The maximum absolute atomic E-state index is 11.7. The maximum atomic E-state index is 11.7. The molecule has 0 aromatic heterocycles. The molecule has 0 aliphatic rings. The first-order valence-corrected chi connectivity index (χ1v) is 7.92. The van der Waals surface area contributed by atoms with Crippen molar-refractivity contribution in [2.45, 2.75) is 24.8 Å². The van der Waals surface area contributed by atoms with Crippen LogP contribution in [0.25, 0.3) is 0 Å². The molecule has 3 atom stereocenters. The SMILES string of the molecule is CC(NC(=O)[C@H](CCl)NC(=O)[C@@H](N)CCl)P(=O)(O)O. The van der Waals surface area contributed by atoms with Gasteiger partial charge in [0.15, 0.2) is 0 Å². The third-order valence-electron chi connectivity index (χ3n) is 2.15. The van der Waals surface area contributed by atoms with Gasteiger partial charge in [-0.05, 0) is 6.92 Å². The van der Waals surface area contributed by atoms with E-state index in [9.17, 15) is 14.2 Å². The highest BCUT2D eigenvalue weighted by molar-refractivity contribution is 7.52. The minimum atomic E-state index is -4.45. The lowest BCUT2D eigenvalue weighted by Crippen LogP contribution is -2.54. The summed E-state index contributed by atoms with van der Waals surface area (Å²) >= 11 is 10.9. The van der Waals surface area contributed by atoms with Crippen molar-refractivity contribution in [3.8, 4) is 0 Å². The number of amides is 2. The summed E-state index contributed by atoms with van der Waals surface area (Å²) in [5.41, 5.74) is 5.35. The van der Waals surface area contributed by atoms with Crippen LogP contribution in [-0.2, 0) is 14.2 Å². The van der Waals surface area contributed by atoms with Gasteiger partial charge < -0.3 is 26.2 Å². The minimum Gasteiger partial charge on any atom is -0.342 e. The number of hydrogen-bond donors (Lipinski definition) is 5. The van der Waals surface area contributed by atoms with Crippen LogP contribution >= 0.6 is 30.8 Å². The Kier molecular flexibility index (Phi) is 7.88. The zero-order valence-electron chi connectivity index (χ0n) is 10.0. The Labute approximate surface area is 120 Å². The smallest absolute Gasteiger partial charge is 0.342 e. The van der Waals surface area contributed by atoms with Crippen molar-refractivity contribution in [1.29, 1.82) is 0 Å². The summed E-state index contributed by atoms with van der Waals surface area (Å²) in [6.07, 6.45) is 0. The molecule has 19 heavy (non-hydrogen) atoms. The summed E-state index contributed by atoms with van der Waals surface area (Å²) in [5.74, 6) is -3.30. The minimum absolute atomic E-state index is 0.138. The molecule has 0 aliphatic carbocycles. The molecule has 112 valence electrons. The van der Waals surface area contributed by atoms with Gasteiger partial charge in [0.25, 0.3) is 0 Å². The fourth-order valence-corrected chi connectivity index (χ4v) is 1.57. The molecule has 2 amide bonds. The van der Waals surface area contributed by atoms with Crippen LogP contribution in [-0.4, -0.2) is 51.2 Å². The number of alkyl halides is 2. The van der Waals surface area contributed by atoms with E-state index in [-0.39, 0.29) is 11.8 Å². The summed E-state index contributed by atoms with van der Waals surface area (Å²) in [7, 11) is -4.45. The highest BCUT2D eigenvalue weighted by Gasteiger charge is 2.29. The summed E-state index contributed by atoms with van der Waals surface area (Å²) in [4.78, 5) is 40.7.